The SMILES string of the molecule is COCc1nc2cc(C(F)(F)F)ccc2n1C1CCN(C(=O)C2Cc3ccccc3CN2C)CC1. The van der Waals surface area contributed by atoms with Crippen LogP contribution in [0.4, 0.5) is 13.2 Å². The van der Waals surface area contributed by atoms with Crippen LogP contribution in [0.2, 0.25) is 0 Å². The van der Waals surface area contributed by atoms with Gasteiger partial charge in [-0.1, -0.05) is 24.3 Å². The Balaban J connectivity index is 1.33. The van der Waals surface area contributed by atoms with Crippen molar-refractivity contribution in [2.75, 3.05) is 27.2 Å². The molecule has 1 aromatic heterocycles. The highest BCUT2D eigenvalue weighted by molar-refractivity contribution is 5.83. The third kappa shape index (κ3) is 4.54. The van der Waals surface area contributed by atoms with Gasteiger partial charge in [0.1, 0.15) is 12.4 Å². The lowest BCUT2D eigenvalue weighted by atomic mass is 9.93. The number of methoxy groups -OCH3 is 1. The van der Waals surface area contributed by atoms with Gasteiger partial charge in [-0.2, -0.15) is 13.2 Å². The molecule has 2 aliphatic rings. The molecule has 186 valence electrons. The zero-order valence-electron chi connectivity index (χ0n) is 19.9. The van der Waals surface area contributed by atoms with Crippen LogP contribution in [0.3, 0.4) is 0 Å². The number of amides is 1. The first kappa shape index (κ1) is 23.8. The van der Waals surface area contributed by atoms with Crippen LogP contribution in [0.5, 0.6) is 0 Å². The molecule has 3 aromatic rings. The second kappa shape index (κ2) is 9.28. The van der Waals surface area contributed by atoms with E-state index in [-0.39, 0.29) is 24.6 Å². The number of rotatable bonds is 4. The number of alkyl halides is 3. The molecule has 0 aliphatic carbocycles. The van der Waals surface area contributed by atoms with Gasteiger partial charge < -0.3 is 14.2 Å². The number of fused-ring (bicyclic) bond motifs is 2. The number of benzene rings is 2. The average molecular weight is 487 g/mol. The lowest BCUT2D eigenvalue weighted by Crippen LogP contribution is -2.52. The Morgan fingerprint density at radius 2 is 1.83 bits per heavy atom. The number of carbonyl (C=O) groups is 1. The third-order valence-corrected chi connectivity index (χ3v) is 7.27. The van der Waals surface area contributed by atoms with E-state index >= 15 is 0 Å². The fraction of sp³-hybridized carbons (Fsp3) is 0.462. The van der Waals surface area contributed by atoms with Crippen molar-refractivity contribution in [3.05, 3.63) is 65.0 Å². The van der Waals surface area contributed by atoms with Gasteiger partial charge >= 0.3 is 6.18 Å². The Hall–Kier alpha value is -2.91. The maximum atomic E-state index is 13.4. The first-order valence-electron chi connectivity index (χ1n) is 11.9. The van der Waals surface area contributed by atoms with E-state index in [1.165, 1.54) is 17.2 Å². The summed E-state index contributed by atoms with van der Waals surface area (Å²) in [6.07, 6.45) is -2.29. The van der Waals surface area contributed by atoms with Gasteiger partial charge in [0.2, 0.25) is 5.91 Å². The quantitative estimate of drug-likeness (QED) is 0.548. The number of likely N-dealkylation sites (N-methyl/N-ethyl adjacent to an activating group) is 1. The molecule has 1 amide bonds. The normalized spacial score (nSPS) is 19.8. The molecule has 0 bridgehead atoms. The summed E-state index contributed by atoms with van der Waals surface area (Å²) < 4.78 is 46.9. The molecule has 1 fully saturated rings. The van der Waals surface area contributed by atoms with Gasteiger partial charge in [0.15, 0.2) is 0 Å². The van der Waals surface area contributed by atoms with Crippen molar-refractivity contribution in [1.29, 1.82) is 0 Å². The van der Waals surface area contributed by atoms with Crippen LogP contribution in [0.1, 0.15) is 41.4 Å². The van der Waals surface area contributed by atoms with E-state index in [9.17, 15) is 18.0 Å². The maximum Gasteiger partial charge on any atom is 0.416 e. The molecule has 35 heavy (non-hydrogen) atoms. The molecule has 3 heterocycles. The first-order chi connectivity index (χ1) is 16.8. The molecule has 0 N–H and O–H groups in total. The maximum absolute atomic E-state index is 13.4. The lowest BCUT2D eigenvalue weighted by molar-refractivity contribution is -0.138. The molecule has 0 saturated carbocycles. The predicted molar refractivity (Wildman–Crippen MR) is 126 cm³/mol. The monoisotopic (exact) mass is 486 g/mol. The number of hydrogen-bond donors (Lipinski definition) is 0. The molecule has 2 aromatic carbocycles. The van der Waals surface area contributed by atoms with Gasteiger partial charge in [-0.05, 0) is 55.6 Å². The molecule has 1 atom stereocenters. The van der Waals surface area contributed by atoms with Crippen molar-refractivity contribution < 1.29 is 22.7 Å². The van der Waals surface area contributed by atoms with Gasteiger partial charge in [-0.15, -0.1) is 0 Å². The van der Waals surface area contributed by atoms with Crippen LogP contribution in [-0.2, 0) is 35.3 Å². The summed E-state index contributed by atoms with van der Waals surface area (Å²) >= 11 is 0. The van der Waals surface area contributed by atoms with E-state index in [1.807, 2.05) is 28.6 Å². The minimum absolute atomic E-state index is 0.0377. The van der Waals surface area contributed by atoms with Crippen molar-refractivity contribution in [3.63, 3.8) is 0 Å². The van der Waals surface area contributed by atoms with Gasteiger partial charge in [-0.25, -0.2) is 4.98 Å². The fourth-order valence-electron chi connectivity index (χ4n) is 5.45. The van der Waals surface area contributed by atoms with Gasteiger partial charge in [-0.3, -0.25) is 9.69 Å². The number of imidazole rings is 1. The molecule has 5 rings (SSSR count). The Morgan fingerprint density at radius 1 is 1.11 bits per heavy atom. The van der Waals surface area contributed by atoms with Crippen LogP contribution in [0.15, 0.2) is 42.5 Å². The zero-order chi connectivity index (χ0) is 24.7. The minimum atomic E-state index is -4.42. The summed E-state index contributed by atoms with van der Waals surface area (Å²) in [4.78, 5) is 21.9. The third-order valence-electron chi connectivity index (χ3n) is 7.27. The lowest BCUT2D eigenvalue weighted by Gasteiger charge is -2.39. The summed E-state index contributed by atoms with van der Waals surface area (Å²) in [5.74, 6) is 0.748. The molecule has 6 nitrogen and oxygen atoms in total. The van der Waals surface area contributed by atoms with Crippen LogP contribution < -0.4 is 0 Å². The van der Waals surface area contributed by atoms with E-state index in [0.29, 0.717) is 49.2 Å². The Bertz CT molecular complexity index is 1230. The zero-order valence-corrected chi connectivity index (χ0v) is 19.9. The Morgan fingerprint density at radius 3 is 2.51 bits per heavy atom. The second-order valence-corrected chi connectivity index (χ2v) is 9.49. The van der Waals surface area contributed by atoms with Crippen molar-refractivity contribution in [1.82, 2.24) is 19.4 Å². The minimum Gasteiger partial charge on any atom is -0.377 e. The van der Waals surface area contributed by atoms with Crippen LogP contribution in [0, 0.1) is 0 Å². The smallest absolute Gasteiger partial charge is 0.377 e. The summed E-state index contributed by atoms with van der Waals surface area (Å²) in [5.41, 5.74) is 2.76. The predicted octanol–water partition coefficient (Wildman–Crippen LogP) is 4.42. The van der Waals surface area contributed by atoms with Crippen molar-refractivity contribution in [3.8, 4) is 0 Å². The number of piperidine rings is 1. The van der Waals surface area contributed by atoms with Crippen LogP contribution in [-0.4, -0.2) is 58.5 Å². The highest BCUT2D eigenvalue weighted by atomic mass is 19.4. The molecule has 0 spiro atoms. The Labute approximate surface area is 202 Å². The number of halogens is 3. The van der Waals surface area contributed by atoms with Crippen molar-refractivity contribution in [2.45, 2.75) is 50.7 Å². The molecule has 0 radical (unpaired) electrons. The summed E-state index contributed by atoms with van der Waals surface area (Å²) in [5, 5.41) is 0. The van der Waals surface area contributed by atoms with E-state index < -0.39 is 11.7 Å². The summed E-state index contributed by atoms with van der Waals surface area (Å²) in [6, 6.07) is 11.8. The first-order valence-corrected chi connectivity index (χ1v) is 11.9. The molecule has 1 unspecified atom stereocenters. The van der Waals surface area contributed by atoms with Gasteiger partial charge in [0.05, 0.1) is 22.6 Å². The molecular weight excluding hydrogens is 457 g/mol. The molecule has 1 saturated heterocycles. The number of likely N-dealkylation sites (tertiary alicyclic amines) is 1. The molecule has 9 heteroatoms. The van der Waals surface area contributed by atoms with Crippen molar-refractivity contribution >= 4 is 16.9 Å². The highest BCUT2D eigenvalue weighted by Gasteiger charge is 2.35. The average Bonchev–Trinajstić information content (AvgIpc) is 3.20. The number of hydrogen-bond acceptors (Lipinski definition) is 4. The van der Waals surface area contributed by atoms with Gasteiger partial charge in [0.25, 0.3) is 0 Å². The van der Waals surface area contributed by atoms with Crippen molar-refractivity contribution in [2.24, 2.45) is 0 Å². The van der Waals surface area contributed by atoms with E-state index in [4.69, 9.17) is 4.74 Å². The standard InChI is InChI=1S/C26H29F3N4O2/c1-31-15-18-6-4-3-5-17(18)13-23(31)25(34)32-11-9-20(10-12-32)33-22-8-7-19(26(27,28)29)14-21(22)30-24(33)16-35-2/h3-8,14,20,23H,9-13,15-16H2,1-2H3. The van der Waals surface area contributed by atoms with Crippen LogP contribution >= 0.6 is 0 Å². The summed E-state index contributed by atoms with van der Waals surface area (Å²) in [7, 11) is 3.54. The number of ether oxygens (including phenoxy) is 1. The highest BCUT2D eigenvalue weighted by Crippen LogP contribution is 2.35. The number of nitrogens with zero attached hydrogens (tertiary/aromatic N) is 4. The fourth-order valence-corrected chi connectivity index (χ4v) is 5.45. The summed E-state index contributed by atoms with van der Waals surface area (Å²) in [6.45, 7) is 2.16. The van der Waals surface area contributed by atoms with E-state index in [2.05, 4.69) is 22.0 Å². The van der Waals surface area contributed by atoms with Crippen LogP contribution in [0.25, 0.3) is 11.0 Å². The van der Waals surface area contributed by atoms with E-state index in [0.717, 1.165) is 18.7 Å². The topological polar surface area (TPSA) is 50.6 Å². The molecule has 2 aliphatic heterocycles. The largest absolute Gasteiger partial charge is 0.416 e. The Kier molecular flexibility index (Phi) is 6.31. The van der Waals surface area contributed by atoms with E-state index in [1.54, 1.807) is 7.11 Å². The molecular formula is C26H29F3N4O2. The second-order valence-electron chi connectivity index (χ2n) is 9.49. The van der Waals surface area contributed by atoms with Gasteiger partial charge in [0, 0.05) is 32.8 Å². The number of aromatic nitrogens is 2. The number of carbonyl (C=O) groups excluding carboxylic acids is 1.